The molecule has 140 valence electrons. The lowest BCUT2D eigenvalue weighted by Crippen LogP contribution is -2.41. The van der Waals surface area contributed by atoms with Crippen LogP contribution in [0.15, 0.2) is 24.3 Å². The van der Waals surface area contributed by atoms with Gasteiger partial charge in [-0.2, -0.15) is 0 Å². The highest BCUT2D eigenvalue weighted by Gasteiger charge is 2.22. The second-order valence-electron chi connectivity index (χ2n) is 6.27. The van der Waals surface area contributed by atoms with Crippen molar-refractivity contribution in [1.82, 2.24) is 10.6 Å². The number of amides is 3. The summed E-state index contributed by atoms with van der Waals surface area (Å²) in [6.45, 7) is 3.58. The zero-order valence-corrected chi connectivity index (χ0v) is 14.9. The summed E-state index contributed by atoms with van der Waals surface area (Å²) in [7, 11) is 0. The van der Waals surface area contributed by atoms with Gasteiger partial charge in [-0.05, 0) is 38.5 Å². The average molecular weight is 361 g/mol. The average Bonchev–Trinajstić information content (AvgIpc) is 3.03. The van der Waals surface area contributed by atoms with Gasteiger partial charge in [0.25, 0.3) is 5.91 Å². The molecular weight excluding hydrogens is 338 g/mol. The van der Waals surface area contributed by atoms with E-state index in [1.807, 2.05) is 13.8 Å². The summed E-state index contributed by atoms with van der Waals surface area (Å²) in [6, 6.07) is 6.51. The van der Waals surface area contributed by atoms with Crippen molar-refractivity contribution in [1.29, 1.82) is 0 Å². The number of anilines is 1. The molecule has 3 amide bonds. The Bertz CT molecular complexity index is 702. The lowest BCUT2D eigenvalue weighted by atomic mass is 10.2. The maximum absolute atomic E-state index is 12.1. The lowest BCUT2D eigenvalue weighted by molar-refractivity contribution is -0.128. The maximum Gasteiger partial charge on any atom is 0.338 e. The number of rotatable bonds is 7. The molecule has 2 N–H and O–H groups in total. The molecule has 2 rings (SSSR count). The van der Waals surface area contributed by atoms with Crippen LogP contribution in [0, 0.1) is 0 Å². The van der Waals surface area contributed by atoms with Gasteiger partial charge in [0.1, 0.15) is 0 Å². The third-order valence-electron chi connectivity index (χ3n) is 3.70. The Hall–Kier alpha value is -2.90. The minimum atomic E-state index is -0.666. The van der Waals surface area contributed by atoms with Crippen LogP contribution in [0.1, 0.15) is 37.0 Å². The fourth-order valence-corrected chi connectivity index (χ4v) is 2.54. The van der Waals surface area contributed by atoms with E-state index in [1.54, 1.807) is 29.2 Å². The minimum Gasteiger partial charge on any atom is -0.452 e. The van der Waals surface area contributed by atoms with Gasteiger partial charge in [0.2, 0.25) is 11.8 Å². The molecule has 1 aliphatic rings. The number of hydrogen-bond acceptors (Lipinski definition) is 5. The molecule has 1 heterocycles. The molecule has 0 saturated carbocycles. The zero-order chi connectivity index (χ0) is 19.1. The van der Waals surface area contributed by atoms with Gasteiger partial charge in [-0.3, -0.25) is 14.4 Å². The molecule has 0 aromatic heterocycles. The third kappa shape index (κ3) is 5.58. The summed E-state index contributed by atoms with van der Waals surface area (Å²) in [5.74, 6) is -1.53. The van der Waals surface area contributed by atoms with E-state index in [4.69, 9.17) is 4.74 Å². The summed E-state index contributed by atoms with van der Waals surface area (Å²) in [5, 5.41) is 5.01. The van der Waals surface area contributed by atoms with Gasteiger partial charge < -0.3 is 20.3 Å². The molecule has 0 bridgehead atoms. The largest absolute Gasteiger partial charge is 0.452 e. The highest BCUT2D eigenvalue weighted by Crippen LogP contribution is 2.22. The number of carbonyl (C=O) groups is 4. The predicted octanol–water partition coefficient (Wildman–Crippen LogP) is 0.611. The van der Waals surface area contributed by atoms with Gasteiger partial charge in [-0.25, -0.2) is 4.79 Å². The Labute approximate surface area is 151 Å². The third-order valence-corrected chi connectivity index (χ3v) is 3.70. The Morgan fingerprint density at radius 2 is 2.00 bits per heavy atom. The van der Waals surface area contributed by atoms with Crippen LogP contribution in [-0.2, 0) is 19.1 Å². The number of nitrogens with one attached hydrogen (secondary N) is 2. The van der Waals surface area contributed by atoms with Crippen LogP contribution in [0.25, 0.3) is 0 Å². The molecule has 0 atom stereocenters. The summed E-state index contributed by atoms with van der Waals surface area (Å²) in [5.41, 5.74) is 0.893. The van der Waals surface area contributed by atoms with E-state index in [0.29, 0.717) is 18.7 Å². The molecule has 0 unspecified atom stereocenters. The number of benzene rings is 1. The molecule has 0 radical (unpaired) electrons. The Morgan fingerprint density at radius 1 is 1.23 bits per heavy atom. The molecule has 1 aromatic carbocycles. The predicted molar refractivity (Wildman–Crippen MR) is 94.6 cm³/mol. The van der Waals surface area contributed by atoms with E-state index < -0.39 is 18.5 Å². The Morgan fingerprint density at radius 3 is 2.65 bits per heavy atom. The van der Waals surface area contributed by atoms with Crippen molar-refractivity contribution >= 4 is 29.4 Å². The van der Waals surface area contributed by atoms with Crippen molar-refractivity contribution in [2.45, 2.75) is 32.7 Å². The molecule has 0 spiro atoms. The molecule has 26 heavy (non-hydrogen) atoms. The first-order valence-electron chi connectivity index (χ1n) is 8.50. The van der Waals surface area contributed by atoms with Crippen molar-refractivity contribution in [3.8, 4) is 0 Å². The number of nitrogens with zero attached hydrogens (tertiary/aromatic N) is 1. The number of ether oxygens (including phenoxy) is 1. The van der Waals surface area contributed by atoms with E-state index in [1.165, 1.54) is 0 Å². The van der Waals surface area contributed by atoms with Crippen molar-refractivity contribution in [3.63, 3.8) is 0 Å². The monoisotopic (exact) mass is 361 g/mol. The van der Waals surface area contributed by atoms with E-state index in [0.717, 1.165) is 6.42 Å². The minimum absolute atomic E-state index is 0.0213. The molecule has 0 aliphatic carbocycles. The van der Waals surface area contributed by atoms with E-state index >= 15 is 0 Å². The normalized spacial score (nSPS) is 13.7. The lowest BCUT2D eigenvalue weighted by Gasteiger charge is -2.16. The van der Waals surface area contributed by atoms with Gasteiger partial charge >= 0.3 is 5.97 Å². The van der Waals surface area contributed by atoms with Crippen LogP contribution in [-0.4, -0.2) is 49.4 Å². The van der Waals surface area contributed by atoms with Crippen molar-refractivity contribution < 1.29 is 23.9 Å². The van der Waals surface area contributed by atoms with Crippen LogP contribution >= 0.6 is 0 Å². The highest BCUT2D eigenvalue weighted by atomic mass is 16.5. The van der Waals surface area contributed by atoms with E-state index in [9.17, 15) is 19.2 Å². The van der Waals surface area contributed by atoms with Gasteiger partial charge in [0.15, 0.2) is 6.61 Å². The van der Waals surface area contributed by atoms with Gasteiger partial charge in [-0.1, -0.05) is 6.07 Å². The van der Waals surface area contributed by atoms with Crippen molar-refractivity contribution in [2.24, 2.45) is 0 Å². The molecule has 1 fully saturated rings. The summed E-state index contributed by atoms with van der Waals surface area (Å²) < 4.78 is 4.96. The standard InChI is InChI=1S/C18H23N3O5/c1-12(2)20-15(22)10-19-16(23)11-26-18(25)13-5-3-6-14(9-13)21-8-4-7-17(21)24/h3,5-6,9,12H,4,7-8,10-11H2,1-2H3,(H,19,23)(H,20,22). The molecular formula is C18H23N3O5. The molecule has 1 aromatic rings. The van der Waals surface area contributed by atoms with Crippen LogP contribution in [0.4, 0.5) is 5.69 Å². The van der Waals surface area contributed by atoms with Crippen LogP contribution in [0.2, 0.25) is 0 Å². The topological polar surface area (TPSA) is 105 Å². The Kier molecular flexibility index (Phi) is 6.71. The van der Waals surface area contributed by atoms with E-state index in [-0.39, 0.29) is 30.0 Å². The fourth-order valence-electron chi connectivity index (χ4n) is 2.54. The van der Waals surface area contributed by atoms with Crippen molar-refractivity contribution in [3.05, 3.63) is 29.8 Å². The van der Waals surface area contributed by atoms with Gasteiger partial charge in [0.05, 0.1) is 12.1 Å². The van der Waals surface area contributed by atoms with Crippen molar-refractivity contribution in [2.75, 3.05) is 24.6 Å². The quantitative estimate of drug-likeness (QED) is 0.693. The van der Waals surface area contributed by atoms with Crippen LogP contribution < -0.4 is 15.5 Å². The number of carbonyl (C=O) groups excluding carboxylic acids is 4. The molecule has 8 heteroatoms. The molecule has 1 aliphatic heterocycles. The van der Waals surface area contributed by atoms with Crippen LogP contribution in [0.5, 0.6) is 0 Å². The maximum atomic E-state index is 12.1. The Balaban J connectivity index is 1.83. The first-order valence-corrected chi connectivity index (χ1v) is 8.50. The fraction of sp³-hybridized carbons (Fsp3) is 0.444. The van der Waals surface area contributed by atoms with Gasteiger partial charge in [0, 0.05) is 24.7 Å². The van der Waals surface area contributed by atoms with Crippen LogP contribution in [0.3, 0.4) is 0 Å². The molecule has 1 saturated heterocycles. The number of hydrogen-bond donors (Lipinski definition) is 2. The molecule has 8 nitrogen and oxygen atoms in total. The summed E-state index contributed by atoms with van der Waals surface area (Å²) in [6.07, 6.45) is 1.29. The second-order valence-corrected chi connectivity index (χ2v) is 6.27. The first kappa shape index (κ1) is 19.4. The highest BCUT2D eigenvalue weighted by molar-refractivity contribution is 5.98. The summed E-state index contributed by atoms with van der Waals surface area (Å²) in [4.78, 5) is 48.6. The number of esters is 1. The van der Waals surface area contributed by atoms with Gasteiger partial charge in [-0.15, -0.1) is 0 Å². The SMILES string of the molecule is CC(C)NC(=O)CNC(=O)COC(=O)c1cccc(N2CCCC2=O)c1. The summed E-state index contributed by atoms with van der Waals surface area (Å²) >= 11 is 0. The van der Waals surface area contributed by atoms with E-state index in [2.05, 4.69) is 10.6 Å². The smallest absolute Gasteiger partial charge is 0.338 e. The zero-order valence-electron chi connectivity index (χ0n) is 14.9. The first-order chi connectivity index (χ1) is 12.4. The second kappa shape index (κ2) is 8.98.